The molecule has 2 unspecified atom stereocenters. The molecular weight excluding hydrogens is 1180 g/mol. The number of hydrogen-bond donors (Lipinski definition) is 0. The van der Waals surface area contributed by atoms with Gasteiger partial charge in [-0.05, 0) is 185 Å². The molecule has 0 saturated heterocycles. The molecule has 0 amide bonds. The lowest BCUT2D eigenvalue weighted by atomic mass is 9.67. The SMILES string of the molecule is C=Cc1ccc(C2(c3ccc(C(C)(C)C)cc3)c3ccccc3-c3ccc(N(c4ccc(-c5ccc(N(c6ccc7c(c6)C(c6ccc(C)cc6)(c6ccc(C(C)(C)C)cc6)c6ccccc6-7)c6cccc7ccccc67)cc5F)c(F)c4)c4cccc5ccccc45)cc32)cc1. The summed E-state index contributed by atoms with van der Waals surface area (Å²) in [6.07, 6.45) is 1.89. The van der Waals surface area contributed by atoms with E-state index in [0.29, 0.717) is 11.4 Å². The molecule has 16 rings (SSSR count). The summed E-state index contributed by atoms with van der Waals surface area (Å²) in [4.78, 5) is 4.33. The lowest BCUT2D eigenvalue weighted by molar-refractivity contribution is 0.589. The summed E-state index contributed by atoms with van der Waals surface area (Å²) in [5.74, 6) is -1.10. The average molecular weight is 1260 g/mol. The van der Waals surface area contributed by atoms with Gasteiger partial charge in [0.2, 0.25) is 0 Å². The van der Waals surface area contributed by atoms with Crippen LogP contribution in [-0.4, -0.2) is 0 Å². The van der Waals surface area contributed by atoms with Gasteiger partial charge < -0.3 is 9.80 Å². The van der Waals surface area contributed by atoms with Crippen molar-refractivity contribution < 1.29 is 8.78 Å². The Bertz CT molecular complexity index is 5410. The van der Waals surface area contributed by atoms with Crippen molar-refractivity contribution in [3.05, 3.63) is 388 Å². The van der Waals surface area contributed by atoms with Crippen LogP contribution in [0.25, 0.3) is 61.0 Å². The van der Waals surface area contributed by atoms with Gasteiger partial charge in [0.05, 0.1) is 22.2 Å². The first kappa shape index (κ1) is 60.7. The molecule has 0 spiro atoms. The molecule has 4 heteroatoms. The van der Waals surface area contributed by atoms with Crippen molar-refractivity contribution in [2.24, 2.45) is 0 Å². The number of nitrogens with zero attached hydrogens (tertiary/aromatic N) is 2. The number of benzene rings is 14. The molecular formula is C93H74F2N2. The van der Waals surface area contributed by atoms with Crippen LogP contribution < -0.4 is 9.80 Å². The summed E-state index contributed by atoms with van der Waals surface area (Å²) in [6, 6.07) is 107. The largest absolute Gasteiger partial charge is 0.310 e. The topological polar surface area (TPSA) is 6.48 Å². The number of halogens is 2. The third-order valence-corrected chi connectivity index (χ3v) is 20.7. The van der Waals surface area contributed by atoms with Gasteiger partial charge in [0, 0.05) is 44.6 Å². The monoisotopic (exact) mass is 1260 g/mol. The van der Waals surface area contributed by atoms with E-state index < -0.39 is 22.5 Å². The van der Waals surface area contributed by atoms with E-state index in [1.807, 2.05) is 30.3 Å². The fraction of sp³-hybridized carbons (Fsp3) is 0.118. The first-order chi connectivity index (χ1) is 47.0. The molecule has 0 bridgehead atoms. The van der Waals surface area contributed by atoms with Gasteiger partial charge in [0.1, 0.15) is 11.6 Å². The van der Waals surface area contributed by atoms with Gasteiger partial charge in [-0.1, -0.05) is 290 Å². The Labute approximate surface area is 568 Å². The molecule has 470 valence electrons. The number of aryl methyl sites for hydroxylation is 1. The van der Waals surface area contributed by atoms with Crippen molar-refractivity contribution in [3.63, 3.8) is 0 Å². The average Bonchev–Trinajstić information content (AvgIpc) is 1.56. The van der Waals surface area contributed by atoms with Crippen LogP contribution in [0.3, 0.4) is 0 Å². The van der Waals surface area contributed by atoms with Crippen molar-refractivity contribution in [2.45, 2.75) is 70.1 Å². The van der Waals surface area contributed by atoms with E-state index in [4.69, 9.17) is 0 Å². The summed E-state index contributed by atoms with van der Waals surface area (Å²) in [6.45, 7) is 19.8. The second-order valence-corrected chi connectivity index (χ2v) is 28.4. The summed E-state index contributed by atoms with van der Waals surface area (Å²) in [5.41, 5.74) is 22.0. The lowest BCUT2D eigenvalue weighted by Gasteiger charge is -2.35. The van der Waals surface area contributed by atoms with Crippen molar-refractivity contribution >= 4 is 61.7 Å². The van der Waals surface area contributed by atoms with E-state index in [1.165, 1.54) is 33.4 Å². The Morgan fingerprint density at radius 1 is 0.320 bits per heavy atom. The Morgan fingerprint density at radius 3 is 1.04 bits per heavy atom. The van der Waals surface area contributed by atoms with Gasteiger partial charge in [-0.25, -0.2) is 8.78 Å². The highest BCUT2D eigenvalue weighted by atomic mass is 19.1. The quantitative estimate of drug-likeness (QED) is 0.120. The van der Waals surface area contributed by atoms with Crippen LogP contribution in [0.15, 0.2) is 310 Å². The van der Waals surface area contributed by atoms with Crippen LogP contribution >= 0.6 is 0 Å². The van der Waals surface area contributed by atoms with Gasteiger partial charge in [0.25, 0.3) is 0 Å². The minimum atomic E-state index is -0.734. The molecule has 14 aromatic carbocycles. The van der Waals surface area contributed by atoms with E-state index in [9.17, 15) is 0 Å². The smallest absolute Gasteiger partial charge is 0.133 e. The molecule has 2 atom stereocenters. The van der Waals surface area contributed by atoms with Crippen molar-refractivity contribution in [3.8, 4) is 33.4 Å². The summed E-state index contributed by atoms with van der Waals surface area (Å²) < 4.78 is 36.0. The zero-order valence-electron chi connectivity index (χ0n) is 55.8. The molecule has 0 aromatic heterocycles. The Morgan fingerprint density at radius 2 is 0.649 bits per heavy atom. The van der Waals surface area contributed by atoms with Crippen molar-refractivity contribution in [2.75, 3.05) is 9.80 Å². The highest BCUT2D eigenvalue weighted by Gasteiger charge is 2.48. The minimum Gasteiger partial charge on any atom is -0.310 e. The first-order valence-electron chi connectivity index (χ1n) is 33.7. The predicted octanol–water partition coefficient (Wildman–Crippen LogP) is 25.2. The van der Waals surface area contributed by atoms with Crippen LogP contribution in [-0.2, 0) is 21.7 Å². The Balaban J connectivity index is 0.844. The van der Waals surface area contributed by atoms with Gasteiger partial charge in [-0.15, -0.1) is 0 Å². The maximum Gasteiger partial charge on any atom is 0.133 e. The molecule has 97 heavy (non-hydrogen) atoms. The summed E-state index contributed by atoms with van der Waals surface area (Å²) in [5, 5.41) is 4.11. The van der Waals surface area contributed by atoms with Gasteiger partial charge in [-0.2, -0.15) is 0 Å². The van der Waals surface area contributed by atoms with Gasteiger partial charge >= 0.3 is 0 Å². The van der Waals surface area contributed by atoms with Crippen molar-refractivity contribution in [1.82, 2.24) is 0 Å². The molecule has 2 nitrogen and oxygen atoms in total. The summed E-state index contributed by atoms with van der Waals surface area (Å²) >= 11 is 0. The Kier molecular flexibility index (Phi) is 14.6. The normalized spacial score (nSPS) is 15.4. The van der Waals surface area contributed by atoms with Crippen molar-refractivity contribution in [1.29, 1.82) is 0 Å². The highest BCUT2D eigenvalue weighted by molar-refractivity contribution is 6.02. The minimum absolute atomic E-state index is 0.0413. The zero-order valence-corrected chi connectivity index (χ0v) is 55.8. The van der Waals surface area contributed by atoms with Crippen LogP contribution in [0.1, 0.15) is 108 Å². The van der Waals surface area contributed by atoms with Crippen LogP contribution in [0, 0.1) is 18.6 Å². The van der Waals surface area contributed by atoms with Crippen LogP contribution in [0.5, 0.6) is 0 Å². The fourth-order valence-electron chi connectivity index (χ4n) is 15.9. The molecule has 2 aliphatic carbocycles. The van der Waals surface area contributed by atoms with E-state index >= 15 is 8.78 Å². The van der Waals surface area contributed by atoms with Gasteiger partial charge in [-0.3, -0.25) is 0 Å². The number of rotatable bonds is 12. The lowest BCUT2D eigenvalue weighted by Crippen LogP contribution is -2.29. The molecule has 0 heterocycles. The molecule has 0 radical (unpaired) electrons. The second-order valence-electron chi connectivity index (χ2n) is 28.4. The third-order valence-electron chi connectivity index (χ3n) is 20.7. The van der Waals surface area contributed by atoms with Crippen LogP contribution in [0.2, 0.25) is 0 Å². The third kappa shape index (κ3) is 9.86. The Hall–Kier alpha value is -11.2. The maximum atomic E-state index is 18.0. The molecule has 0 fully saturated rings. The zero-order chi connectivity index (χ0) is 66.5. The fourth-order valence-corrected chi connectivity index (χ4v) is 15.9. The number of fused-ring (bicyclic) bond motifs is 8. The molecule has 0 saturated carbocycles. The number of hydrogen-bond acceptors (Lipinski definition) is 2. The van der Waals surface area contributed by atoms with E-state index in [1.54, 1.807) is 24.3 Å². The molecule has 2 aliphatic rings. The molecule has 0 N–H and O–H groups in total. The standard InChI is InChI=1S/C93H74F2N2/c1-9-61-34-38-67(39-35-61)93(69-46-42-65(43-47-69)91(6,7)8)83-29-17-15-27-77(83)79-53-49-71(57-85(79)93)97(89-31-19-23-63-21-11-13-25-75(63)89)73-51-55-81(87(95)59-73)80-54-50-72(58-86(80)94)96(88-30-18-22-62-20-10-12-24-74(62)88)70-48-52-78-76-26-14-16-28-82(76)92(84(78)56-70,66-36-32-60(2)33-37-66)68-44-40-64(41-45-68)90(3,4)5/h9-59H,1H2,2-8H3. The van der Waals surface area contributed by atoms with E-state index in [-0.39, 0.29) is 22.0 Å². The number of anilines is 6. The van der Waals surface area contributed by atoms with E-state index in [0.717, 1.165) is 99.9 Å². The van der Waals surface area contributed by atoms with Crippen LogP contribution in [0.4, 0.5) is 42.9 Å². The first-order valence-corrected chi connectivity index (χ1v) is 33.7. The maximum absolute atomic E-state index is 18.0. The van der Waals surface area contributed by atoms with E-state index in [2.05, 4.69) is 320 Å². The predicted molar refractivity (Wildman–Crippen MR) is 403 cm³/mol. The highest BCUT2D eigenvalue weighted by Crippen LogP contribution is 2.60. The molecule has 0 aliphatic heterocycles. The van der Waals surface area contributed by atoms with Gasteiger partial charge in [0.15, 0.2) is 0 Å². The summed E-state index contributed by atoms with van der Waals surface area (Å²) in [7, 11) is 0. The second kappa shape index (κ2) is 23.3. The molecule has 14 aromatic rings.